The van der Waals surface area contributed by atoms with Gasteiger partial charge in [0.1, 0.15) is 0 Å². The number of nitrogens with one attached hydrogen (secondary N) is 3. The normalized spacial score (nSPS) is 10.9. The molecule has 0 aliphatic rings. The van der Waals surface area contributed by atoms with Crippen LogP contribution in [0.1, 0.15) is 5.56 Å². The standard InChI is InChI=1S/C20H26N4O3/c1-21-20(23-14-19(25)24-16-7-5-4-6-8-16)22-12-11-15-9-10-17(26-2)18(13-15)27-3/h4-10,13H,11-12,14H2,1-3H3,(H,24,25)(H2,21,22,23). The van der Waals surface area contributed by atoms with Crippen molar-refractivity contribution < 1.29 is 14.3 Å². The number of anilines is 1. The van der Waals surface area contributed by atoms with Crippen LogP contribution in [0.2, 0.25) is 0 Å². The minimum atomic E-state index is -0.135. The second-order valence-corrected chi connectivity index (χ2v) is 5.71. The van der Waals surface area contributed by atoms with Crippen molar-refractivity contribution >= 4 is 17.6 Å². The summed E-state index contributed by atoms with van der Waals surface area (Å²) in [5.41, 5.74) is 1.87. The summed E-state index contributed by atoms with van der Waals surface area (Å²) in [5.74, 6) is 1.84. The Labute approximate surface area is 159 Å². The van der Waals surface area contributed by atoms with E-state index >= 15 is 0 Å². The van der Waals surface area contributed by atoms with Crippen LogP contribution < -0.4 is 25.4 Å². The fourth-order valence-corrected chi connectivity index (χ4v) is 2.47. The monoisotopic (exact) mass is 370 g/mol. The van der Waals surface area contributed by atoms with Gasteiger partial charge in [-0.25, -0.2) is 0 Å². The van der Waals surface area contributed by atoms with E-state index in [2.05, 4.69) is 20.9 Å². The van der Waals surface area contributed by atoms with E-state index in [1.54, 1.807) is 21.3 Å². The highest BCUT2D eigenvalue weighted by molar-refractivity contribution is 5.94. The summed E-state index contributed by atoms with van der Waals surface area (Å²) in [6, 6.07) is 15.2. The SMILES string of the molecule is CN=C(NCCc1ccc(OC)c(OC)c1)NCC(=O)Nc1ccccc1. The molecule has 2 aromatic rings. The maximum atomic E-state index is 12.0. The second kappa shape index (κ2) is 10.7. The Bertz CT molecular complexity index is 763. The molecule has 0 saturated heterocycles. The van der Waals surface area contributed by atoms with Crippen molar-refractivity contribution in [2.45, 2.75) is 6.42 Å². The highest BCUT2D eigenvalue weighted by Gasteiger charge is 2.06. The second-order valence-electron chi connectivity index (χ2n) is 5.71. The van der Waals surface area contributed by atoms with Gasteiger partial charge in [0.25, 0.3) is 0 Å². The van der Waals surface area contributed by atoms with E-state index < -0.39 is 0 Å². The van der Waals surface area contributed by atoms with Gasteiger partial charge in [-0.1, -0.05) is 24.3 Å². The van der Waals surface area contributed by atoms with Gasteiger partial charge in [-0.05, 0) is 36.2 Å². The molecule has 0 aliphatic heterocycles. The molecule has 0 aliphatic carbocycles. The van der Waals surface area contributed by atoms with E-state index in [1.807, 2.05) is 48.5 Å². The van der Waals surface area contributed by atoms with Gasteiger partial charge >= 0.3 is 0 Å². The number of amides is 1. The Morgan fingerprint density at radius 1 is 1.00 bits per heavy atom. The van der Waals surface area contributed by atoms with Crippen LogP contribution in [0.15, 0.2) is 53.5 Å². The molecule has 0 aromatic heterocycles. The number of nitrogens with zero attached hydrogens (tertiary/aromatic N) is 1. The third-order valence-corrected chi connectivity index (χ3v) is 3.85. The van der Waals surface area contributed by atoms with Crippen molar-refractivity contribution in [2.75, 3.05) is 39.7 Å². The van der Waals surface area contributed by atoms with Gasteiger partial charge in [0.15, 0.2) is 17.5 Å². The molecule has 7 heteroatoms. The molecule has 0 heterocycles. The molecule has 2 aromatic carbocycles. The first kappa shape index (κ1) is 20.1. The zero-order chi connectivity index (χ0) is 19.5. The predicted octanol–water partition coefficient (Wildman–Crippen LogP) is 2.05. The first-order valence-electron chi connectivity index (χ1n) is 8.66. The fourth-order valence-electron chi connectivity index (χ4n) is 2.47. The number of aliphatic imine (C=N–C) groups is 1. The van der Waals surface area contributed by atoms with Gasteiger partial charge in [0.05, 0.1) is 20.8 Å². The van der Waals surface area contributed by atoms with Crippen molar-refractivity contribution in [3.63, 3.8) is 0 Å². The van der Waals surface area contributed by atoms with Gasteiger partial charge < -0.3 is 25.4 Å². The van der Waals surface area contributed by atoms with Crippen LogP contribution in [0.25, 0.3) is 0 Å². The van der Waals surface area contributed by atoms with Crippen LogP contribution in [0.3, 0.4) is 0 Å². The molecule has 0 atom stereocenters. The Morgan fingerprint density at radius 3 is 2.41 bits per heavy atom. The van der Waals surface area contributed by atoms with Crippen LogP contribution in [0, 0.1) is 0 Å². The van der Waals surface area contributed by atoms with Crippen LogP contribution >= 0.6 is 0 Å². The maximum absolute atomic E-state index is 12.0. The lowest BCUT2D eigenvalue weighted by molar-refractivity contribution is -0.115. The third kappa shape index (κ3) is 6.54. The summed E-state index contributed by atoms with van der Waals surface area (Å²) in [6.07, 6.45) is 0.775. The molecule has 2 rings (SSSR count). The number of carbonyl (C=O) groups is 1. The molecule has 0 spiro atoms. The predicted molar refractivity (Wildman–Crippen MR) is 108 cm³/mol. The molecular weight excluding hydrogens is 344 g/mol. The van der Waals surface area contributed by atoms with Crippen molar-refractivity contribution in [3.8, 4) is 11.5 Å². The molecule has 1 amide bonds. The number of methoxy groups -OCH3 is 2. The smallest absolute Gasteiger partial charge is 0.243 e. The van der Waals surface area contributed by atoms with Gasteiger partial charge in [0, 0.05) is 19.3 Å². The molecule has 0 saturated carbocycles. The number of hydrogen-bond acceptors (Lipinski definition) is 4. The number of carbonyl (C=O) groups excluding carboxylic acids is 1. The Kier molecular flexibility index (Phi) is 7.96. The lowest BCUT2D eigenvalue weighted by atomic mass is 10.1. The lowest BCUT2D eigenvalue weighted by Crippen LogP contribution is -2.42. The zero-order valence-electron chi connectivity index (χ0n) is 15.9. The Hall–Kier alpha value is -3.22. The largest absolute Gasteiger partial charge is 0.493 e. The van der Waals surface area contributed by atoms with E-state index in [4.69, 9.17) is 9.47 Å². The molecule has 0 fully saturated rings. The van der Waals surface area contributed by atoms with E-state index in [0.29, 0.717) is 24.0 Å². The molecule has 3 N–H and O–H groups in total. The average Bonchev–Trinajstić information content (AvgIpc) is 2.71. The number of benzene rings is 2. The Morgan fingerprint density at radius 2 is 1.74 bits per heavy atom. The third-order valence-electron chi connectivity index (χ3n) is 3.85. The fraction of sp³-hybridized carbons (Fsp3) is 0.300. The van der Waals surface area contributed by atoms with Gasteiger partial charge in [-0.2, -0.15) is 0 Å². The first-order valence-corrected chi connectivity index (χ1v) is 8.66. The quantitative estimate of drug-likeness (QED) is 0.489. The molecule has 0 radical (unpaired) electrons. The Balaban J connectivity index is 1.76. The van der Waals surface area contributed by atoms with Gasteiger partial charge in [-0.15, -0.1) is 0 Å². The minimum Gasteiger partial charge on any atom is -0.493 e. The minimum absolute atomic E-state index is 0.130. The zero-order valence-corrected chi connectivity index (χ0v) is 15.9. The van der Waals surface area contributed by atoms with E-state index in [9.17, 15) is 4.79 Å². The first-order chi connectivity index (χ1) is 13.2. The molecular formula is C20H26N4O3. The van der Waals surface area contributed by atoms with Gasteiger partial charge in [0.2, 0.25) is 5.91 Å². The summed E-state index contributed by atoms with van der Waals surface area (Å²) in [7, 11) is 4.90. The lowest BCUT2D eigenvalue weighted by Gasteiger charge is -2.13. The molecule has 27 heavy (non-hydrogen) atoms. The number of para-hydroxylation sites is 1. The van der Waals surface area contributed by atoms with Crippen molar-refractivity contribution in [2.24, 2.45) is 4.99 Å². The van der Waals surface area contributed by atoms with Crippen molar-refractivity contribution in [1.29, 1.82) is 0 Å². The molecule has 0 bridgehead atoms. The van der Waals surface area contributed by atoms with Crippen molar-refractivity contribution in [1.82, 2.24) is 10.6 Å². The van der Waals surface area contributed by atoms with E-state index in [1.165, 1.54) is 0 Å². The topological polar surface area (TPSA) is 84.0 Å². The highest BCUT2D eigenvalue weighted by Crippen LogP contribution is 2.27. The number of ether oxygens (including phenoxy) is 2. The summed E-state index contributed by atoms with van der Waals surface area (Å²) in [6.45, 7) is 0.792. The molecule has 144 valence electrons. The van der Waals surface area contributed by atoms with Crippen LogP contribution in [0.5, 0.6) is 11.5 Å². The van der Waals surface area contributed by atoms with Crippen LogP contribution in [-0.4, -0.2) is 46.2 Å². The summed E-state index contributed by atoms with van der Waals surface area (Å²) in [5, 5.41) is 9.01. The number of hydrogen-bond donors (Lipinski definition) is 3. The number of rotatable bonds is 8. The highest BCUT2D eigenvalue weighted by atomic mass is 16.5. The summed E-state index contributed by atoms with van der Waals surface area (Å²) >= 11 is 0. The van der Waals surface area contributed by atoms with Crippen LogP contribution in [-0.2, 0) is 11.2 Å². The van der Waals surface area contributed by atoms with Crippen molar-refractivity contribution in [3.05, 3.63) is 54.1 Å². The summed E-state index contributed by atoms with van der Waals surface area (Å²) < 4.78 is 10.6. The summed E-state index contributed by atoms with van der Waals surface area (Å²) in [4.78, 5) is 16.1. The van der Waals surface area contributed by atoms with E-state index in [0.717, 1.165) is 17.7 Å². The van der Waals surface area contributed by atoms with Gasteiger partial charge in [-0.3, -0.25) is 9.79 Å². The molecule has 0 unspecified atom stereocenters. The van der Waals surface area contributed by atoms with Crippen LogP contribution in [0.4, 0.5) is 5.69 Å². The molecule has 7 nitrogen and oxygen atoms in total. The average molecular weight is 370 g/mol. The maximum Gasteiger partial charge on any atom is 0.243 e. The van der Waals surface area contributed by atoms with E-state index in [-0.39, 0.29) is 12.5 Å². The number of guanidine groups is 1.